The van der Waals surface area contributed by atoms with Crippen LogP contribution in [0.15, 0.2) is 42.5 Å². The predicted octanol–water partition coefficient (Wildman–Crippen LogP) is 3.50. The number of nitrogens with two attached hydrogens (primary N) is 1. The smallest absolute Gasteiger partial charge is 0.255 e. The summed E-state index contributed by atoms with van der Waals surface area (Å²) in [7, 11) is 0. The number of primary amides is 1. The zero-order valence-electron chi connectivity index (χ0n) is 12.0. The third-order valence-electron chi connectivity index (χ3n) is 2.87. The fourth-order valence-corrected chi connectivity index (χ4v) is 2.36. The van der Waals surface area contributed by atoms with Gasteiger partial charge < -0.3 is 15.8 Å². The molecule has 0 heterocycles. The summed E-state index contributed by atoms with van der Waals surface area (Å²) >= 11 is 11.8. The van der Waals surface area contributed by atoms with Crippen LogP contribution in [0, 0.1) is 0 Å². The Labute approximate surface area is 143 Å². The van der Waals surface area contributed by atoms with Gasteiger partial charge >= 0.3 is 0 Å². The molecule has 2 aromatic carbocycles. The maximum Gasteiger partial charge on any atom is 0.255 e. The van der Waals surface area contributed by atoms with Gasteiger partial charge in [0.2, 0.25) is 5.91 Å². The zero-order chi connectivity index (χ0) is 16.8. The molecule has 0 aliphatic carbocycles. The third-order valence-corrected chi connectivity index (χ3v) is 3.30. The zero-order valence-corrected chi connectivity index (χ0v) is 13.5. The van der Waals surface area contributed by atoms with E-state index in [0.717, 1.165) is 0 Å². The van der Waals surface area contributed by atoms with Gasteiger partial charge in [-0.25, -0.2) is 0 Å². The van der Waals surface area contributed by atoms with Crippen molar-refractivity contribution in [3.63, 3.8) is 0 Å². The molecule has 0 radical (unpaired) electrons. The van der Waals surface area contributed by atoms with E-state index in [1.807, 2.05) is 0 Å². The van der Waals surface area contributed by atoms with Gasteiger partial charge in [-0.3, -0.25) is 9.59 Å². The lowest BCUT2D eigenvalue weighted by Gasteiger charge is -2.12. The van der Waals surface area contributed by atoms with Crippen molar-refractivity contribution in [3.8, 4) is 5.75 Å². The number of halogens is 2. The maximum absolute atomic E-state index is 12.3. The first-order chi connectivity index (χ1) is 11.0. The van der Waals surface area contributed by atoms with Crippen molar-refractivity contribution in [2.24, 2.45) is 5.73 Å². The van der Waals surface area contributed by atoms with Crippen LogP contribution in [0.5, 0.6) is 5.75 Å². The van der Waals surface area contributed by atoms with Gasteiger partial charge in [-0.2, -0.15) is 0 Å². The molecule has 0 bridgehead atoms. The topological polar surface area (TPSA) is 81.4 Å². The summed E-state index contributed by atoms with van der Waals surface area (Å²) in [6.45, 7) is 0.130. The lowest BCUT2D eigenvalue weighted by atomic mass is 10.2. The number of hydrogen-bond donors (Lipinski definition) is 2. The van der Waals surface area contributed by atoms with Gasteiger partial charge in [0.15, 0.2) is 0 Å². The Morgan fingerprint density at radius 3 is 2.39 bits per heavy atom. The quantitative estimate of drug-likeness (QED) is 0.834. The molecule has 0 spiro atoms. The highest BCUT2D eigenvalue weighted by Crippen LogP contribution is 2.25. The normalized spacial score (nSPS) is 10.2. The molecule has 5 nitrogen and oxygen atoms in total. The van der Waals surface area contributed by atoms with Gasteiger partial charge in [-0.1, -0.05) is 35.3 Å². The molecule has 0 aliphatic heterocycles. The highest BCUT2D eigenvalue weighted by atomic mass is 35.5. The Bertz CT molecular complexity index is 715. The van der Waals surface area contributed by atoms with Crippen LogP contribution in [0.4, 0.5) is 5.69 Å². The first kappa shape index (κ1) is 17.1. The van der Waals surface area contributed by atoms with Gasteiger partial charge in [-0.05, 0) is 30.3 Å². The highest BCUT2D eigenvalue weighted by molar-refractivity contribution is 6.35. The molecule has 23 heavy (non-hydrogen) atoms. The molecule has 0 saturated carbocycles. The summed E-state index contributed by atoms with van der Waals surface area (Å²) in [4.78, 5) is 23.0. The molecule has 7 heteroatoms. The van der Waals surface area contributed by atoms with E-state index in [4.69, 9.17) is 33.7 Å². The van der Waals surface area contributed by atoms with Crippen LogP contribution in [-0.4, -0.2) is 18.4 Å². The maximum atomic E-state index is 12.3. The molecule has 3 N–H and O–H groups in total. The summed E-state index contributed by atoms with van der Waals surface area (Å²) in [6.07, 6.45) is 0.0895. The van der Waals surface area contributed by atoms with Gasteiger partial charge in [0.25, 0.3) is 5.91 Å². The number of para-hydroxylation sites is 2. The summed E-state index contributed by atoms with van der Waals surface area (Å²) in [5.41, 5.74) is 5.86. The average molecular weight is 353 g/mol. The van der Waals surface area contributed by atoms with Crippen molar-refractivity contribution in [3.05, 3.63) is 58.1 Å². The first-order valence-electron chi connectivity index (χ1n) is 6.73. The van der Waals surface area contributed by atoms with E-state index in [1.54, 1.807) is 30.3 Å². The minimum Gasteiger partial charge on any atom is -0.491 e. The number of carbonyl (C=O) groups is 2. The van der Waals surface area contributed by atoms with Gasteiger partial charge in [-0.15, -0.1) is 0 Å². The van der Waals surface area contributed by atoms with E-state index in [9.17, 15) is 9.59 Å². The molecule has 0 unspecified atom stereocenters. The minimum atomic E-state index is -0.458. The van der Waals surface area contributed by atoms with E-state index in [-0.39, 0.29) is 18.9 Å². The minimum absolute atomic E-state index is 0.0895. The molecule has 0 atom stereocenters. The lowest BCUT2D eigenvalue weighted by Crippen LogP contribution is -2.16. The Balaban J connectivity index is 2.12. The van der Waals surface area contributed by atoms with E-state index >= 15 is 0 Å². The number of nitrogens with one attached hydrogen (secondary N) is 1. The van der Waals surface area contributed by atoms with Crippen LogP contribution < -0.4 is 15.8 Å². The van der Waals surface area contributed by atoms with E-state index in [2.05, 4.69) is 5.32 Å². The molecule has 0 fully saturated rings. The second-order valence-electron chi connectivity index (χ2n) is 4.67. The average Bonchev–Trinajstić information content (AvgIpc) is 2.47. The van der Waals surface area contributed by atoms with E-state index in [1.165, 1.54) is 12.1 Å². The van der Waals surface area contributed by atoms with Crippen molar-refractivity contribution >= 4 is 40.7 Å². The number of carbonyl (C=O) groups excluding carboxylic acids is 2. The fourth-order valence-electron chi connectivity index (χ4n) is 1.84. The molecule has 2 aromatic rings. The van der Waals surface area contributed by atoms with Crippen LogP contribution in [0.1, 0.15) is 16.8 Å². The Kier molecular flexibility index (Phi) is 5.84. The van der Waals surface area contributed by atoms with E-state index < -0.39 is 5.91 Å². The molecule has 120 valence electrons. The van der Waals surface area contributed by atoms with Crippen LogP contribution in [0.25, 0.3) is 0 Å². The van der Waals surface area contributed by atoms with Crippen molar-refractivity contribution < 1.29 is 14.3 Å². The highest BCUT2D eigenvalue weighted by Gasteiger charge is 2.11. The number of anilines is 1. The Hall–Kier alpha value is -2.24. The van der Waals surface area contributed by atoms with E-state index in [0.29, 0.717) is 27.0 Å². The Morgan fingerprint density at radius 1 is 1.09 bits per heavy atom. The number of rotatable bonds is 6. The summed E-state index contributed by atoms with van der Waals surface area (Å²) in [6, 6.07) is 11.4. The van der Waals surface area contributed by atoms with Crippen molar-refractivity contribution in [1.82, 2.24) is 0 Å². The molecule has 0 saturated heterocycles. The number of hydrogen-bond acceptors (Lipinski definition) is 3. The fraction of sp³-hybridized carbons (Fsp3) is 0.125. The van der Waals surface area contributed by atoms with Gasteiger partial charge in [0, 0.05) is 15.6 Å². The molecule has 0 aromatic heterocycles. The van der Waals surface area contributed by atoms with Crippen molar-refractivity contribution in [1.29, 1.82) is 0 Å². The summed E-state index contributed by atoms with van der Waals surface area (Å²) in [5, 5.41) is 3.46. The van der Waals surface area contributed by atoms with Crippen molar-refractivity contribution in [2.45, 2.75) is 6.42 Å². The molecular weight excluding hydrogens is 339 g/mol. The van der Waals surface area contributed by atoms with Crippen LogP contribution in [0.2, 0.25) is 10.0 Å². The van der Waals surface area contributed by atoms with Crippen molar-refractivity contribution in [2.75, 3.05) is 11.9 Å². The second-order valence-corrected chi connectivity index (χ2v) is 5.55. The van der Waals surface area contributed by atoms with Crippen LogP contribution >= 0.6 is 23.2 Å². The molecular formula is C16H14Cl2N2O3. The van der Waals surface area contributed by atoms with Gasteiger partial charge in [0.1, 0.15) is 5.75 Å². The number of benzene rings is 2. The molecule has 0 aliphatic rings. The Morgan fingerprint density at radius 2 is 1.74 bits per heavy atom. The summed E-state index contributed by atoms with van der Waals surface area (Å²) < 4.78 is 5.46. The van der Waals surface area contributed by atoms with Crippen LogP contribution in [0.3, 0.4) is 0 Å². The van der Waals surface area contributed by atoms with Gasteiger partial charge in [0.05, 0.1) is 18.7 Å². The lowest BCUT2D eigenvalue weighted by molar-refractivity contribution is -0.118. The standard InChI is InChI=1S/C16H14Cl2N2O3/c17-11-7-10(8-12(18)9-11)16(22)20-13-3-1-2-4-14(13)23-6-5-15(19)21/h1-4,7-9H,5-6H2,(H2,19,21)(H,20,22). The number of amides is 2. The monoisotopic (exact) mass is 352 g/mol. The summed E-state index contributed by atoms with van der Waals surface area (Å²) in [5.74, 6) is -0.393. The largest absolute Gasteiger partial charge is 0.491 e. The van der Waals surface area contributed by atoms with Crippen LogP contribution in [-0.2, 0) is 4.79 Å². The molecule has 2 rings (SSSR count). The predicted molar refractivity (Wildman–Crippen MR) is 90.2 cm³/mol. The second kappa shape index (κ2) is 7.85. The third kappa shape index (κ3) is 5.16. The SMILES string of the molecule is NC(=O)CCOc1ccccc1NC(=O)c1cc(Cl)cc(Cl)c1. The first-order valence-corrected chi connectivity index (χ1v) is 7.49. The molecule has 2 amide bonds. The number of ether oxygens (including phenoxy) is 1.